The Hall–Kier alpha value is -2.04. The van der Waals surface area contributed by atoms with E-state index in [4.69, 9.17) is 14.6 Å². The van der Waals surface area contributed by atoms with E-state index in [1.807, 2.05) is 0 Å². The van der Waals surface area contributed by atoms with E-state index in [1.165, 1.54) is 70.6 Å². The van der Waals surface area contributed by atoms with Crippen LogP contribution in [0, 0.1) is 23.2 Å². The number of esters is 1. The summed E-state index contributed by atoms with van der Waals surface area (Å²) >= 11 is 0. The van der Waals surface area contributed by atoms with Gasteiger partial charge in [-0.3, -0.25) is 4.79 Å². The monoisotopic (exact) mass is 484 g/mol. The normalized spacial score (nSPS) is 26.6. The zero-order valence-corrected chi connectivity index (χ0v) is 21.3. The number of hydrogen-bond donors (Lipinski definition) is 1. The number of aromatic carboxylic acids is 1. The summed E-state index contributed by atoms with van der Waals surface area (Å²) in [6, 6.07) is 6.58. The summed E-state index contributed by atoms with van der Waals surface area (Å²) in [5, 5.41) is 8.91. The van der Waals surface area contributed by atoms with E-state index in [9.17, 15) is 9.59 Å². The van der Waals surface area contributed by atoms with Crippen LogP contribution in [0.4, 0.5) is 0 Å². The summed E-state index contributed by atoms with van der Waals surface area (Å²) < 4.78 is 11.3. The predicted octanol–water partition coefficient (Wildman–Crippen LogP) is 7.42. The molecule has 194 valence electrons. The molecule has 4 aliphatic rings. The molecule has 1 N–H and O–H groups in total. The second-order valence-corrected chi connectivity index (χ2v) is 11.7. The number of hydrogen-bond acceptors (Lipinski definition) is 4. The largest absolute Gasteiger partial charge is 0.494 e. The van der Waals surface area contributed by atoms with E-state index in [-0.39, 0.29) is 11.5 Å². The Morgan fingerprint density at radius 1 is 0.743 bits per heavy atom. The van der Waals surface area contributed by atoms with Crippen molar-refractivity contribution in [1.82, 2.24) is 0 Å². The van der Waals surface area contributed by atoms with Gasteiger partial charge in [0.05, 0.1) is 25.2 Å². The summed E-state index contributed by atoms with van der Waals surface area (Å²) in [6.07, 6.45) is 19.4. The molecule has 1 aromatic carbocycles. The number of ether oxygens (including phenoxy) is 2. The van der Waals surface area contributed by atoms with Crippen molar-refractivity contribution in [2.45, 2.75) is 103 Å². The van der Waals surface area contributed by atoms with Crippen molar-refractivity contribution in [3.8, 4) is 5.75 Å². The van der Waals surface area contributed by atoms with E-state index in [0.717, 1.165) is 49.2 Å². The molecule has 0 saturated heterocycles. The van der Waals surface area contributed by atoms with Crippen LogP contribution in [-0.2, 0) is 9.53 Å². The molecule has 0 unspecified atom stereocenters. The maximum absolute atomic E-state index is 12.5. The standard InChI is InChI=1S/C30H44O5/c31-28(22-30-19-23-16-24(20-30)18-25(17-23)21-30)35-15-9-7-5-3-1-2-4-6-8-14-34-27-12-10-26(11-13-27)29(32)33/h10-13,23-25H,1-9,14-22H2,(H,32,33). The minimum Gasteiger partial charge on any atom is -0.494 e. The molecule has 5 heteroatoms. The van der Waals surface area contributed by atoms with Crippen LogP contribution in [0.2, 0.25) is 0 Å². The first kappa shape index (κ1) is 26.0. The maximum atomic E-state index is 12.5. The van der Waals surface area contributed by atoms with Gasteiger partial charge in [0.15, 0.2) is 0 Å². The van der Waals surface area contributed by atoms with Gasteiger partial charge in [-0.25, -0.2) is 4.79 Å². The van der Waals surface area contributed by atoms with Crippen molar-refractivity contribution < 1.29 is 24.2 Å². The van der Waals surface area contributed by atoms with Gasteiger partial charge in [0.2, 0.25) is 0 Å². The highest BCUT2D eigenvalue weighted by atomic mass is 16.5. The Labute approximate surface area is 211 Å². The van der Waals surface area contributed by atoms with Crippen LogP contribution in [-0.4, -0.2) is 30.3 Å². The van der Waals surface area contributed by atoms with Gasteiger partial charge in [-0.2, -0.15) is 0 Å². The van der Waals surface area contributed by atoms with Gasteiger partial charge < -0.3 is 14.6 Å². The number of benzene rings is 1. The number of rotatable bonds is 16. The Kier molecular flexibility index (Phi) is 9.51. The SMILES string of the molecule is O=C(CC12CC3CC(CC(C3)C1)C2)OCCCCCCCCCCCOc1ccc(C(=O)O)cc1. The Morgan fingerprint density at radius 2 is 1.23 bits per heavy atom. The number of carboxylic acids is 1. The molecule has 5 nitrogen and oxygen atoms in total. The van der Waals surface area contributed by atoms with E-state index < -0.39 is 5.97 Å². The van der Waals surface area contributed by atoms with Gasteiger partial charge in [-0.15, -0.1) is 0 Å². The molecular weight excluding hydrogens is 440 g/mol. The van der Waals surface area contributed by atoms with Crippen LogP contribution in [0.25, 0.3) is 0 Å². The van der Waals surface area contributed by atoms with Gasteiger partial charge in [-0.05, 0) is 98.8 Å². The number of carbonyl (C=O) groups is 2. The lowest BCUT2D eigenvalue weighted by atomic mass is 9.49. The zero-order chi connectivity index (χ0) is 24.5. The molecule has 0 aliphatic heterocycles. The third kappa shape index (κ3) is 7.98. The molecule has 0 amide bonds. The molecule has 0 aromatic heterocycles. The fourth-order valence-electron chi connectivity index (χ4n) is 7.38. The van der Waals surface area contributed by atoms with Gasteiger partial charge in [0, 0.05) is 0 Å². The Bertz CT molecular complexity index is 779. The molecule has 4 aliphatic carbocycles. The van der Waals surface area contributed by atoms with Crippen molar-refractivity contribution in [2.75, 3.05) is 13.2 Å². The molecule has 0 spiro atoms. The van der Waals surface area contributed by atoms with Gasteiger partial charge in [-0.1, -0.05) is 44.9 Å². The molecule has 5 rings (SSSR count). The van der Waals surface area contributed by atoms with Gasteiger partial charge in [0.25, 0.3) is 0 Å². The maximum Gasteiger partial charge on any atom is 0.335 e. The summed E-state index contributed by atoms with van der Waals surface area (Å²) in [6.45, 7) is 1.28. The number of carboxylic acid groups (broad SMARTS) is 1. The summed E-state index contributed by atoms with van der Waals surface area (Å²) in [7, 11) is 0. The van der Waals surface area contributed by atoms with Crippen molar-refractivity contribution in [1.29, 1.82) is 0 Å². The predicted molar refractivity (Wildman–Crippen MR) is 137 cm³/mol. The first-order valence-electron chi connectivity index (χ1n) is 14.1. The van der Waals surface area contributed by atoms with Crippen molar-refractivity contribution in [2.24, 2.45) is 23.2 Å². The molecule has 1 aromatic rings. The first-order valence-corrected chi connectivity index (χ1v) is 14.1. The molecule has 4 saturated carbocycles. The van der Waals surface area contributed by atoms with Crippen LogP contribution in [0.3, 0.4) is 0 Å². The van der Waals surface area contributed by atoms with Crippen LogP contribution in [0.15, 0.2) is 24.3 Å². The Morgan fingerprint density at radius 3 is 1.74 bits per heavy atom. The molecule has 4 bridgehead atoms. The number of unbranched alkanes of at least 4 members (excludes halogenated alkanes) is 8. The lowest BCUT2D eigenvalue weighted by Gasteiger charge is -2.56. The smallest absolute Gasteiger partial charge is 0.335 e. The van der Waals surface area contributed by atoms with Gasteiger partial charge in [0.1, 0.15) is 5.75 Å². The van der Waals surface area contributed by atoms with Crippen molar-refractivity contribution in [3.05, 3.63) is 29.8 Å². The molecular formula is C30H44O5. The van der Waals surface area contributed by atoms with Crippen LogP contribution < -0.4 is 4.74 Å². The topological polar surface area (TPSA) is 72.8 Å². The third-order valence-corrected chi connectivity index (χ3v) is 8.61. The van der Waals surface area contributed by atoms with E-state index >= 15 is 0 Å². The fourth-order valence-corrected chi connectivity index (χ4v) is 7.38. The molecule has 0 atom stereocenters. The minimum absolute atomic E-state index is 0.0632. The minimum atomic E-state index is -0.914. The van der Waals surface area contributed by atoms with Gasteiger partial charge >= 0.3 is 11.9 Å². The Balaban J connectivity index is 0.930. The third-order valence-electron chi connectivity index (χ3n) is 8.61. The fraction of sp³-hybridized carbons (Fsp3) is 0.733. The summed E-state index contributed by atoms with van der Waals surface area (Å²) in [5.74, 6) is 2.57. The summed E-state index contributed by atoms with van der Waals surface area (Å²) in [4.78, 5) is 23.3. The molecule has 0 radical (unpaired) electrons. The second-order valence-electron chi connectivity index (χ2n) is 11.7. The van der Waals surface area contributed by atoms with Crippen LogP contribution in [0.1, 0.15) is 113 Å². The molecule has 35 heavy (non-hydrogen) atoms. The van der Waals surface area contributed by atoms with E-state index in [0.29, 0.717) is 25.0 Å². The summed E-state index contributed by atoms with van der Waals surface area (Å²) in [5.41, 5.74) is 0.580. The van der Waals surface area contributed by atoms with E-state index in [2.05, 4.69) is 0 Å². The lowest BCUT2D eigenvalue weighted by Crippen LogP contribution is -2.47. The quantitative estimate of drug-likeness (QED) is 0.195. The lowest BCUT2D eigenvalue weighted by molar-refractivity contribution is -0.152. The highest BCUT2D eigenvalue weighted by molar-refractivity contribution is 5.87. The van der Waals surface area contributed by atoms with Crippen LogP contribution in [0.5, 0.6) is 5.75 Å². The highest BCUT2D eigenvalue weighted by Gasteiger charge is 2.51. The molecule has 4 fully saturated rings. The average Bonchev–Trinajstić information content (AvgIpc) is 2.81. The van der Waals surface area contributed by atoms with Crippen molar-refractivity contribution in [3.63, 3.8) is 0 Å². The highest BCUT2D eigenvalue weighted by Crippen LogP contribution is 2.61. The van der Waals surface area contributed by atoms with Crippen LogP contribution >= 0.6 is 0 Å². The second kappa shape index (κ2) is 12.8. The van der Waals surface area contributed by atoms with Crippen molar-refractivity contribution >= 4 is 11.9 Å². The molecule has 0 heterocycles. The first-order chi connectivity index (χ1) is 17.0. The average molecular weight is 485 g/mol. The zero-order valence-electron chi connectivity index (χ0n) is 21.3. The van der Waals surface area contributed by atoms with E-state index in [1.54, 1.807) is 24.3 Å². The number of carbonyl (C=O) groups excluding carboxylic acids is 1.